The van der Waals surface area contributed by atoms with Crippen LogP contribution in [0, 0.1) is 17.1 Å². The smallest absolute Gasteiger partial charge is 0.129 e. The van der Waals surface area contributed by atoms with Crippen LogP contribution in [0.25, 0.3) is 0 Å². The zero-order valence-corrected chi connectivity index (χ0v) is 10.4. The van der Waals surface area contributed by atoms with Gasteiger partial charge in [-0.2, -0.15) is 5.26 Å². The van der Waals surface area contributed by atoms with Crippen LogP contribution in [0.1, 0.15) is 10.4 Å². The highest BCUT2D eigenvalue weighted by Gasteiger charge is 2.04. The Morgan fingerprint density at radius 1 is 1.39 bits per heavy atom. The largest absolute Gasteiger partial charge is 0.397 e. The van der Waals surface area contributed by atoms with Gasteiger partial charge in [-0.25, -0.2) is 4.39 Å². The lowest BCUT2D eigenvalue weighted by molar-refractivity contribution is 0.625. The Kier molecular flexibility index (Phi) is 3.80. The molecule has 3 nitrogen and oxygen atoms in total. The van der Waals surface area contributed by atoms with Gasteiger partial charge in [0.1, 0.15) is 16.8 Å². The second kappa shape index (κ2) is 5.52. The molecule has 0 saturated carbocycles. The number of nitrogens with zero attached hydrogens (tertiary/aromatic N) is 1. The molecule has 0 atom stereocenters. The molecule has 2 rings (SSSR count). The second-order valence-electron chi connectivity index (χ2n) is 3.81. The van der Waals surface area contributed by atoms with E-state index in [0.29, 0.717) is 17.1 Å². The topological polar surface area (TPSA) is 61.8 Å². The van der Waals surface area contributed by atoms with Crippen LogP contribution in [-0.2, 0) is 6.42 Å². The van der Waals surface area contributed by atoms with Crippen molar-refractivity contribution in [3.05, 3.63) is 46.6 Å². The van der Waals surface area contributed by atoms with Gasteiger partial charge in [0.05, 0.1) is 10.7 Å². The third-order valence-corrected chi connectivity index (χ3v) is 3.48. The fraction of sp³-hybridized carbons (Fsp3) is 0.154. The Labute approximate surface area is 109 Å². The Bertz CT molecular complexity index is 586. The first kappa shape index (κ1) is 12.4. The first-order valence-electron chi connectivity index (χ1n) is 5.47. The minimum absolute atomic E-state index is 0.223. The first-order chi connectivity index (χ1) is 8.69. The summed E-state index contributed by atoms with van der Waals surface area (Å²) >= 11 is 1.33. The molecule has 0 spiro atoms. The van der Waals surface area contributed by atoms with Crippen molar-refractivity contribution in [3.8, 4) is 6.07 Å². The number of nitrogen functional groups attached to an aromatic ring is 1. The summed E-state index contributed by atoms with van der Waals surface area (Å²) in [5.41, 5.74) is 7.09. The van der Waals surface area contributed by atoms with Crippen LogP contribution in [0.3, 0.4) is 0 Å². The van der Waals surface area contributed by atoms with E-state index in [1.807, 2.05) is 12.1 Å². The van der Waals surface area contributed by atoms with E-state index in [-0.39, 0.29) is 5.82 Å². The van der Waals surface area contributed by atoms with E-state index < -0.39 is 0 Å². The Morgan fingerprint density at radius 2 is 2.22 bits per heavy atom. The van der Waals surface area contributed by atoms with E-state index in [0.717, 1.165) is 17.0 Å². The summed E-state index contributed by atoms with van der Waals surface area (Å²) < 4.78 is 12.9. The Balaban J connectivity index is 1.90. The molecule has 0 radical (unpaired) electrons. The average molecular weight is 261 g/mol. The van der Waals surface area contributed by atoms with Gasteiger partial charge in [0.25, 0.3) is 0 Å². The van der Waals surface area contributed by atoms with Crippen molar-refractivity contribution in [1.29, 1.82) is 5.26 Å². The third-order valence-electron chi connectivity index (χ3n) is 2.46. The van der Waals surface area contributed by atoms with Crippen LogP contribution in [0.2, 0.25) is 0 Å². The summed E-state index contributed by atoms with van der Waals surface area (Å²) in [7, 11) is 0. The van der Waals surface area contributed by atoms with Gasteiger partial charge in [0.15, 0.2) is 0 Å². The summed E-state index contributed by atoms with van der Waals surface area (Å²) in [6.07, 6.45) is 0.720. The second-order valence-corrected chi connectivity index (χ2v) is 4.87. The molecule has 0 bridgehead atoms. The van der Waals surface area contributed by atoms with Gasteiger partial charge in [-0.3, -0.25) is 0 Å². The van der Waals surface area contributed by atoms with Gasteiger partial charge < -0.3 is 11.1 Å². The molecule has 0 fully saturated rings. The summed E-state index contributed by atoms with van der Waals surface area (Å²) in [6, 6.07) is 10.3. The first-order valence-corrected chi connectivity index (χ1v) is 6.28. The molecule has 0 aliphatic heterocycles. The third kappa shape index (κ3) is 2.99. The molecule has 0 aliphatic carbocycles. The minimum Gasteiger partial charge on any atom is -0.397 e. The van der Waals surface area contributed by atoms with Crippen LogP contribution < -0.4 is 11.1 Å². The average Bonchev–Trinajstić information content (AvgIpc) is 2.70. The van der Waals surface area contributed by atoms with Crippen molar-refractivity contribution >= 4 is 22.0 Å². The van der Waals surface area contributed by atoms with Gasteiger partial charge >= 0.3 is 0 Å². The van der Waals surface area contributed by atoms with E-state index in [4.69, 9.17) is 11.0 Å². The molecule has 1 aromatic heterocycles. The molecule has 92 valence electrons. The molecule has 1 heterocycles. The van der Waals surface area contributed by atoms with Crippen molar-refractivity contribution in [2.24, 2.45) is 0 Å². The predicted octanol–water partition coefficient (Wildman–Crippen LogP) is 3.00. The van der Waals surface area contributed by atoms with Crippen LogP contribution in [0.5, 0.6) is 0 Å². The van der Waals surface area contributed by atoms with Crippen molar-refractivity contribution in [2.75, 3.05) is 17.6 Å². The van der Waals surface area contributed by atoms with Gasteiger partial charge in [-0.1, -0.05) is 12.1 Å². The Hall–Kier alpha value is -2.06. The lowest BCUT2D eigenvalue weighted by Gasteiger charge is -2.03. The number of thiophene rings is 1. The fourth-order valence-electron chi connectivity index (χ4n) is 1.60. The molecule has 0 saturated heterocycles. The normalized spacial score (nSPS) is 10.0. The van der Waals surface area contributed by atoms with Gasteiger partial charge in [-0.15, -0.1) is 11.3 Å². The van der Waals surface area contributed by atoms with Gasteiger partial charge in [0, 0.05) is 6.54 Å². The highest BCUT2D eigenvalue weighted by molar-refractivity contribution is 7.17. The van der Waals surface area contributed by atoms with E-state index in [1.165, 1.54) is 23.5 Å². The van der Waals surface area contributed by atoms with Crippen molar-refractivity contribution in [1.82, 2.24) is 0 Å². The predicted molar refractivity (Wildman–Crippen MR) is 72.0 cm³/mol. The van der Waals surface area contributed by atoms with E-state index in [9.17, 15) is 4.39 Å². The number of hydrogen-bond donors (Lipinski definition) is 2. The maximum absolute atomic E-state index is 12.9. The fourth-order valence-corrected chi connectivity index (χ4v) is 2.40. The summed E-state index contributed by atoms with van der Waals surface area (Å²) in [5, 5.41) is 12.8. The minimum atomic E-state index is -0.223. The SMILES string of the molecule is N#Cc1sc(NCCc2cccc(F)c2)cc1N. The van der Waals surface area contributed by atoms with E-state index in [1.54, 1.807) is 12.1 Å². The number of nitrogens with one attached hydrogen (secondary N) is 1. The maximum atomic E-state index is 12.9. The summed E-state index contributed by atoms with van der Waals surface area (Å²) in [4.78, 5) is 0.517. The monoisotopic (exact) mass is 261 g/mol. The highest BCUT2D eigenvalue weighted by atomic mass is 32.1. The van der Waals surface area contributed by atoms with Gasteiger partial charge in [0.2, 0.25) is 0 Å². The molecule has 0 aliphatic rings. The summed E-state index contributed by atoms with van der Waals surface area (Å²) in [5.74, 6) is -0.223. The number of benzene rings is 1. The molecule has 5 heteroatoms. The molecular weight excluding hydrogens is 249 g/mol. The number of nitrogens with two attached hydrogens (primary N) is 1. The molecule has 2 aromatic rings. The molecule has 1 aromatic carbocycles. The molecule has 0 amide bonds. The van der Waals surface area contributed by atoms with Crippen molar-refractivity contribution in [2.45, 2.75) is 6.42 Å². The number of halogens is 1. The highest BCUT2D eigenvalue weighted by Crippen LogP contribution is 2.28. The summed E-state index contributed by atoms with van der Waals surface area (Å²) in [6.45, 7) is 0.675. The lowest BCUT2D eigenvalue weighted by Crippen LogP contribution is -2.03. The van der Waals surface area contributed by atoms with Crippen LogP contribution in [-0.4, -0.2) is 6.54 Å². The van der Waals surface area contributed by atoms with Gasteiger partial charge in [-0.05, 0) is 30.2 Å². The number of hydrogen-bond acceptors (Lipinski definition) is 4. The van der Waals surface area contributed by atoms with E-state index >= 15 is 0 Å². The molecule has 3 N–H and O–H groups in total. The van der Waals surface area contributed by atoms with Crippen LogP contribution in [0.4, 0.5) is 15.1 Å². The molecule has 0 unspecified atom stereocenters. The van der Waals surface area contributed by atoms with Crippen LogP contribution >= 0.6 is 11.3 Å². The Morgan fingerprint density at radius 3 is 2.89 bits per heavy atom. The van der Waals surface area contributed by atoms with Crippen molar-refractivity contribution in [3.63, 3.8) is 0 Å². The maximum Gasteiger partial charge on any atom is 0.129 e. The van der Waals surface area contributed by atoms with Crippen molar-refractivity contribution < 1.29 is 4.39 Å². The lowest BCUT2D eigenvalue weighted by atomic mass is 10.1. The number of nitriles is 1. The quantitative estimate of drug-likeness (QED) is 0.889. The molecular formula is C13H12FN3S. The van der Waals surface area contributed by atoms with Crippen LogP contribution in [0.15, 0.2) is 30.3 Å². The standard InChI is InChI=1S/C13H12FN3S/c14-10-3-1-2-9(6-10)4-5-17-13-7-11(16)12(8-15)18-13/h1-3,6-7,17H,4-5,16H2. The molecule has 18 heavy (non-hydrogen) atoms. The number of rotatable bonds is 4. The zero-order valence-electron chi connectivity index (χ0n) is 9.61. The van der Waals surface area contributed by atoms with E-state index in [2.05, 4.69) is 5.32 Å². The zero-order chi connectivity index (χ0) is 13.0. The number of anilines is 2.